The fourth-order valence-electron chi connectivity index (χ4n) is 2.74. The molecular weight excluding hydrogens is 427 g/mol. The average Bonchev–Trinajstić information content (AvgIpc) is 2.91. The van der Waals surface area contributed by atoms with Crippen LogP contribution >= 0.6 is 35.0 Å². The molecule has 0 bridgehead atoms. The molecule has 2 aromatic rings. The van der Waals surface area contributed by atoms with Crippen LogP contribution in [0.3, 0.4) is 0 Å². The van der Waals surface area contributed by atoms with Crippen LogP contribution in [0.5, 0.6) is 0 Å². The van der Waals surface area contributed by atoms with E-state index < -0.39 is 6.10 Å². The van der Waals surface area contributed by atoms with E-state index in [2.05, 4.69) is 45.7 Å². The molecule has 6 heteroatoms. The van der Waals surface area contributed by atoms with Gasteiger partial charge in [-0.3, -0.25) is 0 Å². The van der Waals surface area contributed by atoms with Crippen molar-refractivity contribution in [1.29, 1.82) is 0 Å². The Kier molecular flexibility index (Phi) is 6.64. The van der Waals surface area contributed by atoms with E-state index in [1.807, 2.05) is 24.3 Å². The van der Waals surface area contributed by atoms with E-state index >= 15 is 0 Å². The third kappa shape index (κ3) is 4.35. The highest BCUT2D eigenvalue weighted by atomic mass is 127. The number of hydrogen-bond donors (Lipinski definition) is 1. The fraction of sp³-hybridized carbons (Fsp3) is 0.353. The molecule has 1 aromatic heterocycles. The van der Waals surface area contributed by atoms with Crippen molar-refractivity contribution in [1.82, 2.24) is 4.98 Å². The van der Waals surface area contributed by atoms with Crippen LogP contribution in [0.2, 0.25) is 0 Å². The van der Waals surface area contributed by atoms with Gasteiger partial charge in [0.05, 0.1) is 11.8 Å². The van der Waals surface area contributed by atoms with Gasteiger partial charge < -0.3 is 14.7 Å². The second-order valence-corrected chi connectivity index (χ2v) is 6.67. The molecule has 0 unspecified atom stereocenters. The molecule has 0 amide bonds. The van der Waals surface area contributed by atoms with E-state index in [0.29, 0.717) is 13.1 Å². The molecule has 4 nitrogen and oxygen atoms in total. The van der Waals surface area contributed by atoms with Gasteiger partial charge in [-0.25, -0.2) is 4.98 Å². The van der Waals surface area contributed by atoms with Crippen molar-refractivity contribution in [3.63, 3.8) is 0 Å². The summed E-state index contributed by atoms with van der Waals surface area (Å²) in [6.45, 7) is 1.24. The molecule has 0 spiro atoms. The molecule has 23 heavy (non-hydrogen) atoms. The van der Waals surface area contributed by atoms with Gasteiger partial charge in [-0.2, -0.15) is 0 Å². The van der Waals surface area contributed by atoms with E-state index in [4.69, 9.17) is 9.72 Å². The minimum Gasteiger partial charge on any atom is -0.388 e. The number of hydrogen-bond acceptors (Lipinski definition) is 4. The first-order chi connectivity index (χ1) is 10.7. The highest BCUT2D eigenvalue weighted by molar-refractivity contribution is 14.1. The number of aliphatic hydroxyl groups is 1. The highest BCUT2D eigenvalue weighted by Crippen LogP contribution is 2.23. The lowest BCUT2D eigenvalue weighted by molar-refractivity contribution is 0.0217. The van der Waals surface area contributed by atoms with Crippen LogP contribution in [0.25, 0.3) is 0 Å². The Hall–Kier alpha value is -0.890. The maximum atomic E-state index is 9.98. The minimum absolute atomic E-state index is 0. The first-order valence-corrected chi connectivity index (χ1v) is 8.40. The lowest BCUT2D eigenvalue weighted by atomic mass is 10.1. The Morgan fingerprint density at radius 1 is 1.22 bits per heavy atom. The zero-order valence-corrected chi connectivity index (χ0v) is 15.8. The van der Waals surface area contributed by atoms with Crippen LogP contribution in [-0.2, 0) is 11.2 Å². The molecule has 1 aliphatic heterocycles. The summed E-state index contributed by atoms with van der Waals surface area (Å²) in [4.78, 5) is 6.89. The third-order valence-corrected chi connectivity index (χ3v) is 4.96. The van der Waals surface area contributed by atoms with Gasteiger partial charge in [-0.15, -0.1) is 12.4 Å². The topological polar surface area (TPSA) is 45.6 Å². The summed E-state index contributed by atoms with van der Waals surface area (Å²) in [5.41, 5.74) is 2.32. The minimum atomic E-state index is -0.455. The zero-order chi connectivity index (χ0) is 15.5. The summed E-state index contributed by atoms with van der Waals surface area (Å²) in [5.74, 6) is 0.907. The Labute approximate surface area is 156 Å². The van der Waals surface area contributed by atoms with Gasteiger partial charge in [-0.05, 0) is 40.3 Å². The number of rotatable bonds is 4. The van der Waals surface area contributed by atoms with Crippen LogP contribution in [0.1, 0.15) is 11.3 Å². The molecule has 2 atom stereocenters. The molecule has 1 aliphatic rings. The van der Waals surface area contributed by atoms with Crippen LogP contribution < -0.4 is 4.90 Å². The van der Waals surface area contributed by atoms with E-state index in [1.165, 1.54) is 5.56 Å². The number of ether oxygens (including phenoxy) is 1. The van der Waals surface area contributed by atoms with Gasteiger partial charge in [0.2, 0.25) is 0 Å². The maximum absolute atomic E-state index is 9.98. The molecule has 1 aromatic carbocycles. The lowest BCUT2D eigenvalue weighted by Crippen LogP contribution is -2.25. The monoisotopic (exact) mass is 446 g/mol. The number of pyridine rings is 1. The Bertz CT molecular complexity index is 642. The zero-order valence-electron chi connectivity index (χ0n) is 12.9. The molecule has 3 rings (SSSR count). The predicted octanol–water partition coefficient (Wildman–Crippen LogP) is 2.89. The largest absolute Gasteiger partial charge is 0.388 e. The van der Waals surface area contributed by atoms with Crippen LogP contribution in [-0.4, -0.2) is 42.5 Å². The molecule has 0 radical (unpaired) electrons. The second-order valence-electron chi connectivity index (χ2n) is 5.51. The third-order valence-electron chi connectivity index (χ3n) is 3.98. The van der Waals surface area contributed by atoms with Crippen LogP contribution in [0.15, 0.2) is 42.5 Å². The van der Waals surface area contributed by atoms with Crippen molar-refractivity contribution in [2.75, 3.05) is 25.1 Å². The predicted molar refractivity (Wildman–Crippen MR) is 102 cm³/mol. The Morgan fingerprint density at radius 3 is 2.61 bits per heavy atom. The number of β-amino-alcohol motifs (C(OH)–C–C–N with tert-alkyl or cyclic N) is 1. The number of aliphatic hydroxyl groups excluding tert-OH is 1. The number of nitrogens with zero attached hydrogens (tertiary/aromatic N) is 2. The molecule has 1 fully saturated rings. The molecule has 1 saturated heterocycles. The summed E-state index contributed by atoms with van der Waals surface area (Å²) in [6, 6.07) is 14.5. The van der Waals surface area contributed by atoms with E-state index in [0.717, 1.165) is 21.5 Å². The van der Waals surface area contributed by atoms with Gasteiger partial charge in [0.15, 0.2) is 0 Å². The molecule has 124 valence electrons. The molecular formula is C17H20ClIN2O2. The summed E-state index contributed by atoms with van der Waals surface area (Å²) in [7, 11) is 1.64. The van der Waals surface area contributed by atoms with Gasteiger partial charge in [-0.1, -0.05) is 30.3 Å². The number of halogens is 2. The van der Waals surface area contributed by atoms with Gasteiger partial charge in [0.1, 0.15) is 11.9 Å². The highest BCUT2D eigenvalue weighted by Gasteiger charge is 2.32. The maximum Gasteiger partial charge on any atom is 0.129 e. The molecule has 2 heterocycles. The summed E-state index contributed by atoms with van der Waals surface area (Å²) in [5, 5.41) is 9.98. The number of methoxy groups -OCH3 is 1. The van der Waals surface area contributed by atoms with Crippen molar-refractivity contribution in [3.05, 3.63) is 57.3 Å². The van der Waals surface area contributed by atoms with Gasteiger partial charge >= 0.3 is 0 Å². The van der Waals surface area contributed by atoms with E-state index in [-0.39, 0.29) is 18.5 Å². The Balaban J connectivity index is 0.00000192. The lowest BCUT2D eigenvalue weighted by Gasteiger charge is -2.18. The molecule has 0 saturated carbocycles. The fourth-order valence-corrected chi connectivity index (χ4v) is 3.23. The van der Waals surface area contributed by atoms with Crippen molar-refractivity contribution in [3.8, 4) is 0 Å². The van der Waals surface area contributed by atoms with Crippen LogP contribution in [0, 0.1) is 3.57 Å². The molecule has 1 N–H and O–H groups in total. The first kappa shape index (κ1) is 18.4. The second kappa shape index (κ2) is 8.28. The number of anilines is 1. The Morgan fingerprint density at radius 2 is 1.96 bits per heavy atom. The van der Waals surface area contributed by atoms with Crippen molar-refractivity contribution in [2.24, 2.45) is 0 Å². The summed E-state index contributed by atoms with van der Waals surface area (Å²) >= 11 is 2.33. The smallest absolute Gasteiger partial charge is 0.129 e. The van der Waals surface area contributed by atoms with E-state index in [1.54, 1.807) is 7.11 Å². The van der Waals surface area contributed by atoms with Crippen molar-refractivity contribution >= 4 is 40.8 Å². The number of aromatic nitrogens is 1. The number of benzene rings is 1. The van der Waals surface area contributed by atoms with Crippen molar-refractivity contribution in [2.45, 2.75) is 18.6 Å². The normalized spacial score (nSPS) is 20.4. The SMILES string of the molecule is CO[C@@H]1CN(c2ccc(I)c(Cc3ccccc3)n2)C[C@H]1O.Cl. The van der Waals surface area contributed by atoms with Gasteiger partial charge in [0.25, 0.3) is 0 Å². The standard InChI is InChI=1S/C17H19IN2O2.ClH/c1-22-16-11-20(10-15(16)21)17-8-7-13(18)14(19-17)9-12-5-3-2-4-6-12;/h2-8,15-16,21H,9-11H2,1H3;1H/t15-,16-;/m1./s1. The first-order valence-electron chi connectivity index (χ1n) is 7.32. The van der Waals surface area contributed by atoms with E-state index in [9.17, 15) is 5.11 Å². The average molecular weight is 447 g/mol. The molecule has 0 aliphatic carbocycles. The van der Waals surface area contributed by atoms with Crippen molar-refractivity contribution < 1.29 is 9.84 Å². The van der Waals surface area contributed by atoms with Crippen LogP contribution in [0.4, 0.5) is 5.82 Å². The summed E-state index contributed by atoms with van der Waals surface area (Å²) in [6.07, 6.45) is 0.221. The summed E-state index contributed by atoms with van der Waals surface area (Å²) < 4.78 is 6.46. The van der Waals surface area contributed by atoms with Gasteiger partial charge in [0, 0.05) is 30.2 Å². The quantitative estimate of drug-likeness (QED) is 0.734.